The Bertz CT molecular complexity index is 2780. The van der Waals surface area contributed by atoms with Gasteiger partial charge in [0.25, 0.3) is 0 Å². The van der Waals surface area contributed by atoms with Crippen molar-refractivity contribution in [1.82, 2.24) is 0 Å². The molecule has 10 aromatic carbocycles. The standard InChI is InChI=1S/C54H42N2/c1-35-17-25-39(26-18-35)55(40-27-19-36(2)20-28-40)51-33-49-43-11-5-6-12-44(43)50-34-52(56(41-29-21-37(3)22-30-41)42-31-23-38(4)24-32-42)46-14-8-10-16-48(46)54(50)53(49)47-15-9-7-13-45(47)51/h5-34H,1-4H3. The van der Waals surface area contributed by atoms with Crippen molar-refractivity contribution in [2.24, 2.45) is 0 Å². The second-order valence-corrected chi connectivity index (χ2v) is 15.3. The molecule has 0 radical (unpaired) electrons. The van der Waals surface area contributed by atoms with Gasteiger partial charge in [0.05, 0.1) is 11.4 Å². The predicted molar refractivity (Wildman–Crippen MR) is 242 cm³/mol. The number of anilines is 6. The molecule has 10 rings (SSSR count). The Balaban J connectivity index is 1.35. The van der Waals surface area contributed by atoms with Gasteiger partial charge in [0.1, 0.15) is 0 Å². The second-order valence-electron chi connectivity index (χ2n) is 15.3. The largest absolute Gasteiger partial charge is 0.310 e. The highest BCUT2D eigenvalue weighted by atomic mass is 15.1. The maximum atomic E-state index is 2.45. The van der Waals surface area contributed by atoms with Crippen molar-refractivity contribution in [3.8, 4) is 0 Å². The Kier molecular flexibility index (Phi) is 8.08. The average molecular weight is 719 g/mol. The molecule has 0 aliphatic carbocycles. The molecule has 0 aromatic heterocycles. The molecule has 0 atom stereocenters. The molecule has 0 bridgehead atoms. The molecule has 0 aliphatic rings. The summed E-state index contributed by atoms with van der Waals surface area (Å²) in [5.41, 5.74) is 11.8. The molecule has 268 valence electrons. The molecule has 0 fully saturated rings. The van der Waals surface area contributed by atoms with E-state index in [4.69, 9.17) is 0 Å². The monoisotopic (exact) mass is 718 g/mol. The number of hydrogen-bond acceptors (Lipinski definition) is 2. The molecule has 0 heterocycles. The SMILES string of the molecule is Cc1ccc(N(c2ccc(C)cc2)c2cc3c4ccccc4c4cc(N(c5ccc(C)cc5)c5ccc(C)cc5)c5ccccc5c4c3c3ccccc23)cc1. The number of hydrogen-bond donors (Lipinski definition) is 0. The van der Waals surface area contributed by atoms with Crippen LogP contribution in [0.4, 0.5) is 34.1 Å². The first-order valence-electron chi connectivity index (χ1n) is 19.5. The molecular weight excluding hydrogens is 677 g/mol. The van der Waals surface area contributed by atoms with E-state index < -0.39 is 0 Å². The Morgan fingerprint density at radius 1 is 0.250 bits per heavy atom. The molecule has 0 spiro atoms. The van der Waals surface area contributed by atoms with E-state index in [2.05, 4.69) is 219 Å². The fourth-order valence-corrected chi connectivity index (χ4v) is 8.63. The molecule has 0 saturated heterocycles. The van der Waals surface area contributed by atoms with E-state index in [9.17, 15) is 0 Å². The molecule has 0 aliphatic heterocycles. The van der Waals surface area contributed by atoms with Crippen LogP contribution in [0, 0.1) is 27.7 Å². The minimum Gasteiger partial charge on any atom is -0.310 e. The maximum Gasteiger partial charge on any atom is 0.0546 e. The lowest BCUT2D eigenvalue weighted by molar-refractivity contribution is 1.28. The number of rotatable bonds is 6. The Morgan fingerprint density at radius 2 is 0.500 bits per heavy atom. The zero-order valence-corrected chi connectivity index (χ0v) is 32.2. The van der Waals surface area contributed by atoms with Crippen LogP contribution >= 0.6 is 0 Å². The number of nitrogens with zero attached hydrogens (tertiary/aromatic N) is 2. The Hall–Kier alpha value is -6.90. The lowest BCUT2D eigenvalue weighted by Gasteiger charge is -2.29. The summed E-state index contributed by atoms with van der Waals surface area (Å²) in [6.07, 6.45) is 0. The van der Waals surface area contributed by atoms with Crippen LogP contribution in [-0.4, -0.2) is 0 Å². The van der Waals surface area contributed by atoms with Gasteiger partial charge in [-0.2, -0.15) is 0 Å². The molecule has 10 aromatic rings. The van der Waals surface area contributed by atoms with E-state index in [0.717, 1.165) is 34.1 Å². The maximum absolute atomic E-state index is 2.45. The summed E-state index contributed by atoms with van der Waals surface area (Å²) in [6.45, 7) is 8.61. The topological polar surface area (TPSA) is 6.48 Å². The summed E-state index contributed by atoms with van der Waals surface area (Å²) in [7, 11) is 0. The van der Waals surface area contributed by atoms with E-state index in [0.29, 0.717) is 0 Å². The highest BCUT2D eigenvalue weighted by Gasteiger charge is 2.23. The van der Waals surface area contributed by atoms with Gasteiger partial charge < -0.3 is 9.80 Å². The van der Waals surface area contributed by atoms with Crippen molar-refractivity contribution < 1.29 is 0 Å². The summed E-state index contributed by atoms with van der Waals surface area (Å²) in [6, 6.07) is 67.6. The first-order chi connectivity index (χ1) is 27.4. The van der Waals surface area contributed by atoms with E-state index in [1.807, 2.05) is 0 Å². The molecular formula is C54H42N2. The van der Waals surface area contributed by atoms with Gasteiger partial charge in [0.2, 0.25) is 0 Å². The summed E-state index contributed by atoms with van der Waals surface area (Å²) in [4.78, 5) is 4.86. The molecule has 0 N–H and O–H groups in total. The summed E-state index contributed by atoms with van der Waals surface area (Å²) < 4.78 is 0. The van der Waals surface area contributed by atoms with E-state index in [1.165, 1.54) is 76.1 Å². The molecule has 56 heavy (non-hydrogen) atoms. The van der Waals surface area contributed by atoms with Crippen molar-refractivity contribution in [2.45, 2.75) is 27.7 Å². The third-order valence-corrected chi connectivity index (χ3v) is 11.5. The fraction of sp³-hybridized carbons (Fsp3) is 0.0741. The summed E-state index contributed by atoms with van der Waals surface area (Å²) in [5, 5.41) is 12.5. The van der Waals surface area contributed by atoms with E-state index in [-0.39, 0.29) is 0 Å². The van der Waals surface area contributed by atoms with Crippen molar-refractivity contribution in [1.29, 1.82) is 0 Å². The zero-order valence-electron chi connectivity index (χ0n) is 32.2. The van der Waals surface area contributed by atoms with Crippen LogP contribution in [-0.2, 0) is 0 Å². The highest BCUT2D eigenvalue weighted by molar-refractivity contribution is 6.38. The molecule has 0 saturated carbocycles. The van der Waals surface area contributed by atoms with Gasteiger partial charge in [-0.05, 0) is 131 Å². The minimum absolute atomic E-state index is 1.14. The third kappa shape index (κ3) is 5.57. The number of fused-ring (bicyclic) bond motifs is 10. The summed E-state index contributed by atoms with van der Waals surface area (Å²) in [5.74, 6) is 0. The summed E-state index contributed by atoms with van der Waals surface area (Å²) >= 11 is 0. The van der Waals surface area contributed by atoms with Crippen LogP contribution in [0.5, 0.6) is 0 Å². The third-order valence-electron chi connectivity index (χ3n) is 11.5. The van der Waals surface area contributed by atoms with Gasteiger partial charge in [-0.15, -0.1) is 0 Å². The van der Waals surface area contributed by atoms with Crippen molar-refractivity contribution in [3.05, 3.63) is 204 Å². The van der Waals surface area contributed by atoms with Crippen molar-refractivity contribution in [3.63, 3.8) is 0 Å². The Labute approximate surface area is 328 Å². The molecule has 2 nitrogen and oxygen atoms in total. The van der Waals surface area contributed by atoms with Gasteiger partial charge in [-0.1, -0.05) is 144 Å². The normalized spacial score (nSPS) is 11.6. The first-order valence-corrected chi connectivity index (χ1v) is 19.5. The van der Waals surface area contributed by atoms with Crippen molar-refractivity contribution >= 4 is 88.0 Å². The van der Waals surface area contributed by atoms with Crippen LogP contribution in [0.25, 0.3) is 53.9 Å². The fourth-order valence-electron chi connectivity index (χ4n) is 8.63. The molecule has 2 heteroatoms. The first kappa shape index (κ1) is 33.7. The van der Waals surface area contributed by atoms with Crippen LogP contribution < -0.4 is 9.80 Å². The van der Waals surface area contributed by atoms with Crippen LogP contribution in [0.3, 0.4) is 0 Å². The highest BCUT2D eigenvalue weighted by Crippen LogP contribution is 2.50. The zero-order chi connectivity index (χ0) is 37.9. The van der Waals surface area contributed by atoms with Crippen LogP contribution in [0.2, 0.25) is 0 Å². The average Bonchev–Trinajstić information content (AvgIpc) is 3.23. The van der Waals surface area contributed by atoms with E-state index in [1.54, 1.807) is 0 Å². The molecule has 0 unspecified atom stereocenters. The van der Waals surface area contributed by atoms with E-state index >= 15 is 0 Å². The number of aryl methyl sites for hydroxylation is 4. The van der Waals surface area contributed by atoms with Gasteiger partial charge in [0, 0.05) is 33.5 Å². The number of benzene rings is 10. The van der Waals surface area contributed by atoms with Crippen LogP contribution in [0.1, 0.15) is 22.3 Å². The lowest BCUT2D eigenvalue weighted by Crippen LogP contribution is -2.11. The second kappa shape index (κ2) is 13.4. The predicted octanol–water partition coefficient (Wildman–Crippen LogP) is 15.6. The Morgan fingerprint density at radius 3 is 0.786 bits per heavy atom. The van der Waals surface area contributed by atoms with Gasteiger partial charge >= 0.3 is 0 Å². The smallest absolute Gasteiger partial charge is 0.0546 e. The quantitative estimate of drug-likeness (QED) is 0.158. The van der Waals surface area contributed by atoms with Gasteiger partial charge in [0.15, 0.2) is 0 Å². The van der Waals surface area contributed by atoms with Crippen LogP contribution in [0.15, 0.2) is 182 Å². The van der Waals surface area contributed by atoms with Gasteiger partial charge in [-0.3, -0.25) is 0 Å². The lowest BCUT2D eigenvalue weighted by atomic mass is 9.87. The van der Waals surface area contributed by atoms with Gasteiger partial charge in [-0.25, -0.2) is 0 Å². The van der Waals surface area contributed by atoms with Crippen molar-refractivity contribution in [2.75, 3.05) is 9.80 Å². The molecule has 0 amide bonds. The minimum atomic E-state index is 1.14.